The Hall–Kier alpha value is -2.09. The maximum absolute atomic E-state index is 14.6. The van der Waals surface area contributed by atoms with Crippen LogP contribution in [-0.4, -0.2) is 46.8 Å². The number of benzene rings is 2. The van der Waals surface area contributed by atoms with Gasteiger partial charge in [0.2, 0.25) is 5.91 Å². The van der Waals surface area contributed by atoms with Crippen molar-refractivity contribution in [3.8, 4) is 0 Å². The Bertz CT molecular complexity index is 1330. The Kier molecular flexibility index (Phi) is 8.47. The highest BCUT2D eigenvalue weighted by Crippen LogP contribution is 2.55. The predicted molar refractivity (Wildman–Crippen MR) is 155 cm³/mol. The molecule has 4 atom stereocenters. The second-order valence-electron chi connectivity index (χ2n) is 12.1. The van der Waals surface area contributed by atoms with Gasteiger partial charge in [0.1, 0.15) is 0 Å². The fraction of sp³-hybridized carbons (Fsp3) is 0.533. The molecule has 1 saturated heterocycles. The van der Waals surface area contributed by atoms with Crippen molar-refractivity contribution in [1.29, 1.82) is 0 Å². The van der Waals surface area contributed by atoms with Crippen molar-refractivity contribution < 1.29 is 23.1 Å². The third-order valence-electron chi connectivity index (χ3n) is 8.48. The molecule has 212 valence electrons. The molecule has 0 aromatic heterocycles. The van der Waals surface area contributed by atoms with Crippen LogP contribution in [0, 0.1) is 11.3 Å². The van der Waals surface area contributed by atoms with Gasteiger partial charge in [0.15, 0.2) is 9.84 Å². The lowest BCUT2D eigenvalue weighted by molar-refractivity contribution is -0.162. The molecule has 2 fully saturated rings. The van der Waals surface area contributed by atoms with Crippen LogP contribution >= 0.6 is 23.2 Å². The van der Waals surface area contributed by atoms with Gasteiger partial charge in [0.05, 0.1) is 28.4 Å². The number of sulfone groups is 1. The highest BCUT2D eigenvalue weighted by molar-refractivity contribution is 7.92. The number of carbonyl (C=O) groups excluding carboxylic acids is 1. The van der Waals surface area contributed by atoms with Gasteiger partial charge in [-0.3, -0.25) is 9.59 Å². The van der Waals surface area contributed by atoms with E-state index in [0.29, 0.717) is 22.9 Å². The van der Waals surface area contributed by atoms with Crippen molar-refractivity contribution in [3.05, 3.63) is 69.7 Å². The molecule has 1 saturated carbocycles. The van der Waals surface area contributed by atoms with Crippen LogP contribution in [0.2, 0.25) is 10.0 Å². The molecule has 2 aromatic carbocycles. The van der Waals surface area contributed by atoms with E-state index >= 15 is 0 Å². The molecule has 1 heterocycles. The van der Waals surface area contributed by atoms with E-state index < -0.39 is 38.1 Å². The number of hydrogen-bond acceptors (Lipinski definition) is 4. The van der Waals surface area contributed by atoms with E-state index in [9.17, 15) is 23.1 Å². The molecule has 4 rings (SSSR count). The summed E-state index contributed by atoms with van der Waals surface area (Å²) in [7, 11) is -3.60. The number of halogens is 2. The molecule has 2 aliphatic rings. The third-order valence-corrected chi connectivity index (χ3v) is 11.6. The smallest absolute Gasteiger partial charge is 0.304 e. The van der Waals surface area contributed by atoms with Crippen molar-refractivity contribution >= 4 is 44.9 Å². The number of nitrogens with zero attached hydrogens (tertiary/aromatic N) is 1. The van der Waals surface area contributed by atoms with Crippen LogP contribution in [0.15, 0.2) is 48.5 Å². The van der Waals surface area contributed by atoms with E-state index in [1.807, 2.05) is 37.3 Å². The summed E-state index contributed by atoms with van der Waals surface area (Å²) in [6.45, 7) is 6.87. The summed E-state index contributed by atoms with van der Waals surface area (Å²) in [6, 6.07) is 13.6. The lowest BCUT2D eigenvalue weighted by Crippen LogP contribution is -2.59. The summed E-state index contributed by atoms with van der Waals surface area (Å²) in [5.74, 6) is -1.79. The van der Waals surface area contributed by atoms with E-state index in [0.717, 1.165) is 24.0 Å². The number of carbonyl (C=O) groups is 2. The normalized spacial score (nSPS) is 25.0. The molecule has 1 aliphatic heterocycles. The zero-order valence-corrected chi connectivity index (χ0v) is 25.2. The largest absolute Gasteiger partial charge is 0.481 e. The third kappa shape index (κ3) is 6.15. The predicted octanol–water partition coefficient (Wildman–Crippen LogP) is 6.91. The molecule has 39 heavy (non-hydrogen) atoms. The molecule has 1 aliphatic carbocycles. The zero-order chi connectivity index (χ0) is 28.8. The monoisotopic (exact) mass is 593 g/mol. The first kappa shape index (κ1) is 29.9. The first-order chi connectivity index (χ1) is 18.2. The number of carboxylic acids is 1. The number of piperidine rings is 1. The molecule has 6 nitrogen and oxygen atoms in total. The van der Waals surface area contributed by atoms with E-state index in [1.165, 1.54) is 0 Å². The van der Waals surface area contributed by atoms with Gasteiger partial charge >= 0.3 is 5.97 Å². The Morgan fingerprint density at radius 1 is 1.08 bits per heavy atom. The van der Waals surface area contributed by atoms with Gasteiger partial charge in [0, 0.05) is 22.0 Å². The molecular formula is C30H37Cl2NO5S. The molecule has 1 amide bonds. The van der Waals surface area contributed by atoms with Crippen molar-refractivity contribution in [2.75, 3.05) is 5.75 Å². The summed E-state index contributed by atoms with van der Waals surface area (Å²) in [6.07, 6.45) is 1.94. The van der Waals surface area contributed by atoms with Gasteiger partial charge in [-0.15, -0.1) is 0 Å². The van der Waals surface area contributed by atoms with Crippen molar-refractivity contribution in [1.82, 2.24) is 4.90 Å². The van der Waals surface area contributed by atoms with Gasteiger partial charge in [-0.05, 0) is 87.8 Å². The SMILES string of the molecule is CC[C@]1(CC(=O)O)C[C@H](c2cccc(Cl)c2)[C@@H](c2ccc(Cl)cc2)N([C@H](CS(=O)(=O)C(C)(C)C)C2CC2)C1=O. The Morgan fingerprint density at radius 3 is 2.23 bits per heavy atom. The van der Waals surface area contributed by atoms with Crippen LogP contribution in [0.25, 0.3) is 0 Å². The number of rotatable bonds is 9. The summed E-state index contributed by atoms with van der Waals surface area (Å²) < 4.78 is 26.1. The van der Waals surface area contributed by atoms with Crippen molar-refractivity contribution in [3.63, 3.8) is 0 Å². The highest BCUT2D eigenvalue weighted by atomic mass is 35.5. The van der Waals surface area contributed by atoms with E-state index in [-0.39, 0.29) is 29.9 Å². The number of aliphatic carboxylic acids is 1. The van der Waals surface area contributed by atoms with E-state index in [2.05, 4.69) is 0 Å². The lowest BCUT2D eigenvalue weighted by atomic mass is 9.65. The van der Waals surface area contributed by atoms with Crippen LogP contribution in [-0.2, 0) is 19.4 Å². The quantitative estimate of drug-likeness (QED) is 0.341. The average Bonchev–Trinajstić information content (AvgIpc) is 3.69. The van der Waals surface area contributed by atoms with Crippen LogP contribution in [0.4, 0.5) is 0 Å². The van der Waals surface area contributed by atoms with Crippen molar-refractivity contribution in [2.45, 2.75) is 82.5 Å². The van der Waals surface area contributed by atoms with E-state index in [4.69, 9.17) is 23.2 Å². The molecule has 0 spiro atoms. The minimum Gasteiger partial charge on any atom is -0.481 e. The maximum Gasteiger partial charge on any atom is 0.304 e. The Labute approximate surface area is 241 Å². The van der Waals surface area contributed by atoms with Gasteiger partial charge in [-0.2, -0.15) is 0 Å². The first-order valence-electron chi connectivity index (χ1n) is 13.5. The molecule has 0 radical (unpaired) electrons. The van der Waals surface area contributed by atoms with Gasteiger partial charge in [-0.1, -0.05) is 54.4 Å². The second-order valence-corrected chi connectivity index (χ2v) is 15.7. The molecule has 2 aromatic rings. The fourth-order valence-corrected chi connectivity index (χ4v) is 7.63. The standard InChI is InChI=1S/C30H37Cl2NO5S/c1-5-30(17-26(34)35)16-24(21-7-6-8-23(32)15-21)27(20-11-13-22(31)14-12-20)33(28(30)36)25(19-9-10-19)18-39(37,38)29(2,3)4/h6-8,11-15,19,24-25,27H,5,9-10,16-18H2,1-4H3,(H,34,35)/t24-,25-,27-,30-/m1/s1. The molecule has 1 N–H and O–H groups in total. The Balaban J connectivity index is 1.97. The summed E-state index contributed by atoms with van der Waals surface area (Å²) in [5, 5.41) is 11.0. The summed E-state index contributed by atoms with van der Waals surface area (Å²) in [4.78, 5) is 28.5. The molecular weight excluding hydrogens is 557 g/mol. The number of carboxylic acid groups (broad SMARTS) is 1. The summed E-state index contributed by atoms with van der Waals surface area (Å²) >= 11 is 12.7. The molecule has 0 unspecified atom stereocenters. The number of hydrogen-bond donors (Lipinski definition) is 1. The average molecular weight is 595 g/mol. The van der Waals surface area contributed by atoms with Gasteiger partial charge in [0.25, 0.3) is 0 Å². The minimum absolute atomic E-state index is 0.0263. The highest BCUT2D eigenvalue weighted by Gasteiger charge is 2.56. The van der Waals surface area contributed by atoms with Crippen molar-refractivity contribution in [2.24, 2.45) is 11.3 Å². The topological polar surface area (TPSA) is 91.8 Å². The Morgan fingerprint density at radius 2 is 1.72 bits per heavy atom. The first-order valence-corrected chi connectivity index (χ1v) is 15.9. The van der Waals surface area contributed by atoms with Gasteiger partial charge in [-0.25, -0.2) is 8.42 Å². The van der Waals surface area contributed by atoms with Crippen LogP contribution in [0.3, 0.4) is 0 Å². The summed E-state index contributed by atoms with van der Waals surface area (Å²) in [5.41, 5.74) is 0.536. The molecule has 9 heteroatoms. The molecule has 0 bridgehead atoms. The number of amides is 1. The number of likely N-dealkylation sites (tertiary alicyclic amines) is 1. The van der Waals surface area contributed by atoms with Crippen LogP contribution in [0.1, 0.15) is 82.9 Å². The minimum atomic E-state index is -3.60. The lowest BCUT2D eigenvalue weighted by Gasteiger charge is -2.53. The van der Waals surface area contributed by atoms with Crippen LogP contribution < -0.4 is 0 Å². The second kappa shape index (κ2) is 11.1. The van der Waals surface area contributed by atoms with Gasteiger partial charge < -0.3 is 10.0 Å². The zero-order valence-electron chi connectivity index (χ0n) is 22.9. The van der Waals surface area contributed by atoms with Crippen LogP contribution in [0.5, 0.6) is 0 Å². The maximum atomic E-state index is 14.6. The van der Waals surface area contributed by atoms with E-state index in [1.54, 1.807) is 43.9 Å². The fourth-order valence-electron chi connectivity index (χ4n) is 5.92.